The van der Waals surface area contributed by atoms with Crippen LogP contribution in [0.4, 0.5) is 10.5 Å². The Morgan fingerprint density at radius 2 is 1.90 bits per heavy atom. The van der Waals surface area contributed by atoms with Crippen LogP contribution in [0.2, 0.25) is 0 Å². The molecule has 1 aromatic rings. The van der Waals surface area contributed by atoms with Gasteiger partial charge in [0.25, 0.3) is 5.24 Å². The van der Waals surface area contributed by atoms with Gasteiger partial charge in [0.05, 0.1) is 18.6 Å². The summed E-state index contributed by atoms with van der Waals surface area (Å²) in [5.74, 6) is 0.645. The lowest BCUT2D eigenvalue weighted by molar-refractivity contribution is -0.138. The number of likely N-dealkylation sites (tertiary alicyclic amines) is 1. The van der Waals surface area contributed by atoms with E-state index in [2.05, 4.69) is 15.9 Å². The van der Waals surface area contributed by atoms with Gasteiger partial charge in [-0.2, -0.15) is 0 Å². The summed E-state index contributed by atoms with van der Waals surface area (Å²) in [5, 5.41) is -0.311. The summed E-state index contributed by atoms with van der Waals surface area (Å²) in [7, 11) is 1.70. The van der Waals surface area contributed by atoms with Gasteiger partial charge in [0.1, 0.15) is 12.3 Å². The molecule has 1 aromatic carbocycles. The lowest BCUT2D eigenvalue weighted by Crippen LogP contribution is -2.56. The molecule has 3 heterocycles. The summed E-state index contributed by atoms with van der Waals surface area (Å²) in [4.78, 5) is 44.0. The molecule has 8 nitrogen and oxygen atoms in total. The molecule has 0 saturated carbocycles. The molecule has 4 rings (SSSR count). The first kappa shape index (κ1) is 21.0. The number of hydrogen-bond donors (Lipinski definition) is 0. The van der Waals surface area contributed by atoms with Crippen molar-refractivity contribution >= 4 is 34.5 Å². The molecule has 0 spiro atoms. The van der Waals surface area contributed by atoms with Crippen LogP contribution < -0.4 is 9.64 Å². The largest absolute Gasteiger partial charge is 0.495 e. The molecule has 0 aromatic heterocycles. The lowest BCUT2D eigenvalue weighted by Gasteiger charge is -2.44. The van der Waals surface area contributed by atoms with Crippen LogP contribution in [0.3, 0.4) is 0 Å². The number of para-hydroxylation sites is 2. The minimum atomic E-state index is -0.311. The summed E-state index contributed by atoms with van der Waals surface area (Å²) in [6, 6.07) is 8.41. The number of imide groups is 1. The number of hydrogen-bond acceptors (Lipinski definition) is 7. The molecular formula is C21H28N4O4S. The number of anilines is 1. The molecule has 1 atom stereocenters. The van der Waals surface area contributed by atoms with Crippen molar-refractivity contribution in [3.05, 3.63) is 24.3 Å². The average molecular weight is 433 g/mol. The van der Waals surface area contributed by atoms with E-state index < -0.39 is 0 Å². The van der Waals surface area contributed by atoms with Gasteiger partial charge in [0.15, 0.2) is 0 Å². The number of carbonyl (C=O) groups is 3. The quantitative estimate of drug-likeness (QED) is 0.698. The van der Waals surface area contributed by atoms with Gasteiger partial charge < -0.3 is 14.5 Å². The first-order valence-corrected chi connectivity index (χ1v) is 11.4. The van der Waals surface area contributed by atoms with E-state index in [1.54, 1.807) is 7.11 Å². The fraction of sp³-hybridized carbons (Fsp3) is 0.571. The van der Waals surface area contributed by atoms with E-state index in [4.69, 9.17) is 4.74 Å². The van der Waals surface area contributed by atoms with Crippen LogP contribution in [0.1, 0.15) is 12.8 Å². The molecule has 3 saturated heterocycles. The van der Waals surface area contributed by atoms with E-state index in [9.17, 15) is 14.4 Å². The number of piperazine rings is 1. The number of piperidine rings is 1. The number of carbonyl (C=O) groups excluding carboxylic acids is 3. The smallest absolute Gasteiger partial charge is 0.289 e. The SMILES string of the molecule is COc1ccccc1N1CCN([C@H]2CCCN(C(=O)CN3C(=O)CSC3=O)C2)CC1. The Balaban J connectivity index is 1.31. The molecule has 0 radical (unpaired) electrons. The van der Waals surface area contributed by atoms with Gasteiger partial charge in [-0.1, -0.05) is 23.9 Å². The van der Waals surface area contributed by atoms with Gasteiger partial charge in [0.2, 0.25) is 11.8 Å². The maximum Gasteiger partial charge on any atom is 0.289 e. The molecule has 3 aliphatic rings. The van der Waals surface area contributed by atoms with E-state index in [-0.39, 0.29) is 29.4 Å². The third kappa shape index (κ3) is 4.41. The van der Waals surface area contributed by atoms with Gasteiger partial charge >= 0.3 is 0 Å². The zero-order valence-corrected chi connectivity index (χ0v) is 18.1. The highest BCUT2D eigenvalue weighted by molar-refractivity contribution is 8.14. The van der Waals surface area contributed by atoms with Gasteiger partial charge in [-0.05, 0) is 25.0 Å². The summed E-state index contributed by atoms with van der Waals surface area (Å²) in [6.45, 7) is 4.93. The number of nitrogens with zero attached hydrogens (tertiary/aromatic N) is 4. The molecular weight excluding hydrogens is 404 g/mol. The first-order chi connectivity index (χ1) is 14.6. The van der Waals surface area contributed by atoms with E-state index in [1.807, 2.05) is 23.1 Å². The first-order valence-electron chi connectivity index (χ1n) is 10.4. The van der Waals surface area contributed by atoms with E-state index in [1.165, 1.54) is 0 Å². The molecule has 3 aliphatic heterocycles. The van der Waals surface area contributed by atoms with Gasteiger partial charge in [-0.3, -0.25) is 24.2 Å². The maximum atomic E-state index is 12.7. The third-order valence-corrected chi connectivity index (χ3v) is 7.00. The fourth-order valence-electron chi connectivity index (χ4n) is 4.47. The molecule has 30 heavy (non-hydrogen) atoms. The Labute approximate surface area is 181 Å². The normalized spacial score (nSPS) is 23.2. The Bertz CT molecular complexity index is 796. The highest BCUT2D eigenvalue weighted by atomic mass is 32.2. The molecule has 0 aliphatic carbocycles. The van der Waals surface area contributed by atoms with Gasteiger partial charge in [-0.25, -0.2) is 0 Å². The average Bonchev–Trinajstić information content (AvgIpc) is 3.11. The van der Waals surface area contributed by atoms with Crippen LogP contribution in [-0.2, 0) is 9.59 Å². The summed E-state index contributed by atoms with van der Waals surface area (Å²) >= 11 is 0.971. The van der Waals surface area contributed by atoms with Crippen LogP contribution >= 0.6 is 11.8 Å². The minimum absolute atomic E-state index is 0.126. The van der Waals surface area contributed by atoms with Gasteiger partial charge in [0, 0.05) is 45.3 Å². The number of thioether (sulfide) groups is 1. The summed E-state index contributed by atoms with van der Waals surface area (Å²) in [5.41, 5.74) is 1.12. The van der Waals surface area contributed by atoms with Gasteiger partial charge in [-0.15, -0.1) is 0 Å². The second-order valence-electron chi connectivity index (χ2n) is 7.87. The standard InChI is InChI=1S/C21H28N4O4S/c1-29-18-7-3-2-6-17(18)23-11-9-22(10-12-23)16-5-4-8-24(13-16)19(26)14-25-20(27)15-30-21(25)28/h2-3,6-7,16H,4-5,8-15H2,1H3/t16-/m0/s1. The Kier molecular flexibility index (Phi) is 6.48. The third-order valence-electron chi connectivity index (χ3n) is 6.14. The molecule has 3 fully saturated rings. The zero-order chi connectivity index (χ0) is 21.1. The second-order valence-corrected chi connectivity index (χ2v) is 8.79. The highest BCUT2D eigenvalue weighted by Gasteiger charge is 2.35. The minimum Gasteiger partial charge on any atom is -0.495 e. The van der Waals surface area contributed by atoms with Crippen molar-refractivity contribution in [2.24, 2.45) is 0 Å². The lowest BCUT2D eigenvalue weighted by atomic mass is 10.0. The van der Waals surface area contributed by atoms with E-state index in [0.29, 0.717) is 19.1 Å². The number of methoxy groups -OCH3 is 1. The Hall–Kier alpha value is -2.26. The number of amides is 3. The number of ether oxygens (including phenoxy) is 1. The van der Waals surface area contributed by atoms with Crippen LogP contribution in [0, 0.1) is 0 Å². The second kappa shape index (κ2) is 9.26. The number of benzene rings is 1. The molecule has 0 unspecified atom stereocenters. The predicted octanol–water partition coefficient (Wildman–Crippen LogP) is 1.50. The highest BCUT2D eigenvalue weighted by Crippen LogP contribution is 2.29. The van der Waals surface area contributed by atoms with Crippen LogP contribution in [0.15, 0.2) is 24.3 Å². The van der Waals surface area contributed by atoms with Crippen molar-refractivity contribution in [3.63, 3.8) is 0 Å². The fourth-order valence-corrected chi connectivity index (χ4v) is 5.19. The Morgan fingerprint density at radius 3 is 2.60 bits per heavy atom. The molecule has 0 bridgehead atoms. The van der Waals surface area contributed by atoms with Crippen molar-refractivity contribution in [2.75, 3.05) is 63.6 Å². The molecule has 9 heteroatoms. The van der Waals surface area contributed by atoms with Crippen LogP contribution in [-0.4, -0.2) is 96.5 Å². The molecule has 162 valence electrons. The van der Waals surface area contributed by atoms with Crippen molar-refractivity contribution in [2.45, 2.75) is 18.9 Å². The maximum absolute atomic E-state index is 12.7. The van der Waals surface area contributed by atoms with Crippen molar-refractivity contribution in [1.29, 1.82) is 0 Å². The van der Waals surface area contributed by atoms with E-state index >= 15 is 0 Å². The topological polar surface area (TPSA) is 73.4 Å². The summed E-state index contributed by atoms with van der Waals surface area (Å²) < 4.78 is 5.50. The van der Waals surface area contributed by atoms with Crippen LogP contribution in [0.25, 0.3) is 0 Å². The molecule has 0 N–H and O–H groups in total. The van der Waals surface area contributed by atoms with Crippen LogP contribution in [0.5, 0.6) is 5.75 Å². The molecule has 3 amide bonds. The van der Waals surface area contributed by atoms with Crippen molar-refractivity contribution in [3.8, 4) is 5.75 Å². The van der Waals surface area contributed by atoms with E-state index in [0.717, 1.165) is 67.1 Å². The number of rotatable bonds is 5. The Morgan fingerprint density at radius 1 is 1.13 bits per heavy atom. The van der Waals surface area contributed by atoms with Crippen molar-refractivity contribution < 1.29 is 19.1 Å². The predicted molar refractivity (Wildman–Crippen MR) is 116 cm³/mol. The van der Waals surface area contributed by atoms with Crippen molar-refractivity contribution in [1.82, 2.24) is 14.7 Å². The summed E-state index contributed by atoms with van der Waals surface area (Å²) in [6.07, 6.45) is 2.01. The zero-order valence-electron chi connectivity index (χ0n) is 17.3. The monoisotopic (exact) mass is 432 g/mol.